The van der Waals surface area contributed by atoms with Gasteiger partial charge in [0.2, 0.25) is 0 Å². The summed E-state index contributed by atoms with van der Waals surface area (Å²) < 4.78 is 0. The molecule has 2 aliphatic rings. The van der Waals surface area contributed by atoms with Crippen LogP contribution in [0.2, 0.25) is 30.1 Å². The Kier molecular flexibility index (Phi) is 5.85. The maximum absolute atomic E-state index is 13.4. The Balaban J connectivity index is 1.62. The number of hydrogen-bond acceptors (Lipinski definition) is 4. The topological polar surface area (TPSA) is 57.7 Å². The molecule has 0 N–H and O–H groups in total. The minimum Gasteiger partial charge on any atom is -0.300 e. The van der Waals surface area contributed by atoms with E-state index in [4.69, 9.17) is 69.6 Å². The summed E-state index contributed by atoms with van der Waals surface area (Å²) in [5.74, 6) is -2.02. The number of benzene rings is 2. The highest BCUT2D eigenvalue weighted by atomic mass is 35.5. The molecule has 1 aromatic heterocycles. The van der Waals surface area contributed by atoms with Crippen molar-refractivity contribution in [3.05, 3.63) is 81.9 Å². The average Bonchev–Trinajstić information content (AvgIpc) is 3.39. The summed E-state index contributed by atoms with van der Waals surface area (Å²) in [7, 11) is 0. The minimum atomic E-state index is -1.13. The van der Waals surface area contributed by atoms with E-state index in [2.05, 4.69) is 0 Å². The van der Waals surface area contributed by atoms with Gasteiger partial charge in [0, 0.05) is 10.6 Å². The largest absolute Gasteiger partial charge is 0.300 e. The molecule has 0 bridgehead atoms. The van der Waals surface area contributed by atoms with Gasteiger partial charge >= 0.3 is 0 Å². The number of rotatable bonds is 3. The Hall–Kier alpha value is -1.51. The van der Waals surface area contributed by atoms with E-state index in [0.717, 1.165) is 9.78 Å². The summed E-state index contributed by atoms with van der Waals surface area (Å²) in [6.07, 6.45) is 0. The second-order valence-corrected chi connectivity index (χ2v) is 10.5. The lowest BCUT2D eigenvalue weighted by Crippen LogP contribution is -2.67. The standard InChI is InChI=1S/C21H8Cl6N2O3S/c22-8-4-3-7(6-9(8)23)28-17(10-2-1-5-33-10)18(21(28)32)29-19(30)11-12(20(29)31)14(25)16(27)15(26)13(11)24/h1-6,17-18H/t17-,18+/m0/s1. The summed E-state index contributed by atoms with van der Waals surface area (Å²) in [5, 5.41) is 1.76. The first kappa shape index (κ1) is 23.2. The zero-order chi connectivity index (χ0) is 23.8. The molecular formula is C21H8Cl6N2O3S. The number of β-lactam (4-membered cyclic amide) rings is 1. The molecular weight excluding hydrogens is 573 g/mol. The summed E-state index contributed by atoms with van der Waals surface area (Å²) in [5.41, 5.74) is 0.126. The first-order valence-electron chi connectivity index (χ1n) is 9.20. The maximum atomic E-state index is 13.4. The van der Waals surface area contributed by atoms with Crippen molar-refractivity contribution in [1.29, 1.82) is 0 Å². The summed E-state index contributed by atoms with van der Waals surface area (Å²) in [6.45, 7) is 0. The first-order valence-corrected chi connectivity index (χ1v) is 12.3. The van der Waals surface area contributed by atoms with Crippen LogP contribution >= 0.6 is 80.9 Å². The number of amides is 3. The first-order chi connectivity index (χ1) is 15.6. The van der Waals surface area contributed by atoms with E-state index in [0.29, 0.717) is 10.7 Å². The molecule has 2 atom stereocenters. The molecule has 3 heterocycles. The number of carbonyl (C=O) groups is 3. The maximum Gasteiger partial charge on any atom is 0.264 e. The van der Waals surface area contributed by atoms with Gasteiger partial charge < -0.3 is 0 Å². The van der Waals surface area contributed by atoms with Crippen molar-refractivity contribution in [2.45, 2.75) is 12.1 Å². The zero-order valence-electron chi connectivity index (χ0n) is 15.9. The van der Waals surface area contributed by atoms with Gasteiger partial charge in [-0.15, -0.1) is 11.3 Å². The Morgan fingerprint density at radius 3 is 1.82 bits per heavy atom. The van der Waals surface area contributed by atoms with E-state index in [1.165, 1.54) is 16.2 Å². The van der Waals surface area contributed by atoms with E-state index in [-0.39, 0.29) is 36.2 Å². The summed E-state index contributed by atoms with van der Waals surface area (Å²) in [6, 6.07) is 6.59. The highest BCUT2D eigenvalue weighted by Gasteiger charge is 2.58. The van der Waals surface area contributed by atoms with Crippen LogP contribution < -0.4 is 4.90 Å². The molecule has 3 amide bonds. The van der Waals surface area contributed by atoms with Gasteiger partial charge in [0.25, 0.3) is 17.7 Å². The molecule has 0 saturated carbocycles. The number of imide groups is 1. The lowest BCUT2D eigenvalue weighted by molar-refractivity contribution is -0.130. The van der Waals surface area contributed by atoms with Crippen molar-refractivity contribution in [2.75, 3.05) is 4.90 Å². The molecule has 5 nitrogen and oxygen atoms in total. The smallest absolute Gasteiger partial charge is 0.264 e. The van der Waals surface area contributed by atoms with E-state index >= 15 is 0 Å². The third-order valence-electron chi connectivity index (χ3n) is 5.49. The molecule has 5 rings (SSSR count). The fourth-order valence-corrected chi connectivity index (χ4v) is 6.16. The van der Waals surface area contributed by atoms with E-state index < -0.39 is 29.8 Å². The molecule has 1 fully saturated rings. The Morgan fingerprint density at radius 1 is 0.697 bits per heavy atom. The van der Waals surface area contributed by atoms with Crippen molar-refractivity contribution in [1.82, 2.24) is 4.90 Å². The molecule has 0 spiro atoms. The monoisotopic (exact) mass is 578 g/mol. The fourth-order valence-electron chi connectivity index (χ4n) is 4.01. The molecule has 2 aliphatic heterocycles. The van der Waals surface area contributed by atoms with Gasteiger partial charge in [0.05, 0.1) is 41.3 Å². The number of fused-ring (bicyclic) bond motifs is 1. The third kappa shape index (κ3) is 3.31. The van der Waals surface area contributed by atoms with Crippen LogP contribution in [0.3, 0.4) is 0 Å². The second kappa shape index (κ2) is 8.31. The molecule has 1 saturated heterocycles. The summed E-state index contributed by atoms with van der Waals surface area (Å²) in [4.78, 5) is 43.2. The molecule has 0 radical (unpaired) electrons. The minimum absolute atomic E-state index is 0.141. The van der Waals surface area contributed by atoms with E-state index in [1.807, 2.05) is 17.5 Å². The number of hydrogen-bond donors (Lipinski definition) is 0. The number of thiophene rings is 1. The molecule has 0 aliphatic carbocycles. The van der Waals surface area contributed by atoms with Crippen LogP contribution in [0.5, 0.6) is 0 Å². The normalized spacial score (nSPS) is 19.9. The van der Waals surface area contributed by atoms with Crippen LogP contribution in [-0.2, 0) is 4.79 Å². The molecule has 0 unspecified atom stereocenters. The predicted molar refractivity (Wildman–Crippen MR) is 132 cm³/mol. The van der Waals surface area contributed by atoms with Gasteiger partial charge in [0.1, 0.15) is 12.1 Å². The number of anilines is 1. The van der Waals surface area contributed by atoms with E-state index in [9.17, 15) is 14.4 Å². The lowest BCUT2D eigenvalue weighted by Gasteiger charge is -2.49. The zero-order valence-corrected chi connectivity index (χ0v) is 21.3. The third-order valence-corrected chi connectivity index (χ3v) is 8.98. The number of carbonyl (C=O) groups excluding carboxylic acids is 3. The van der Waals surface area contributed by atoms with Gasteiger partial charge in [0.15, 0.2) is 0 Å². The van der Waals surface area contributed by atoms with Gasteiger partial charge in [-0.1, -0.05) is 75.7 Å². The molecule has 3 aromatic rings. The molecule has 2 aromatic carbocycles. The van der Waals surface area contributed by atoms with Crippen LogP contribution in [0.4, 0.5) is 5.69 Å². The highest BCUT2D eigenvalue weighted by molar-refractivity contribution is 7.10. The highest BCUT2D eigenvalue weighted by Crippen LogP contribution is 2.50. The van der Waals surface area contributed by atoms with Crippen LogP contribution in [0.25, 0.3) is 0 Å². The molecule has 168 valence electrons. The number of halogens is 6. The second-order valence-electron chi connectivity index (χ2n) is 7.20. The van der Waals surface area contributed by atoms with Crippen molar-refractivity contribution < 1.29 is 14.4 Å². The van der Waals surface area contributed by atoms with Crippen LogP contribution in [0.1, 0.15) is 31.6 Å². The average molecular weight is 581 g/mol. The quantitative estimate of drug-likeness (QED) is 0.140. The van der Waals surface area contributed by atoms with E-state index in [1.54, 1.807) is 18.2 Å². The van der Waals surface area contributed by atoms with Gasteiger partial charge in [-0.25, -0.2) is 0 Å². The van der Waals surface area contributed by atoms with Crippen LogP contribution in [-0.4, -0.2) is 28.7 Å². The van der Waals surface area contributed by atoms with Gasteiger partial charge in [-0.05, 0) is 29.6 Å². The van der Waals surface area contributed by atoms with Crippen molar-refractivity contribution in [3.63, 3.8) is 0 Å². The molecule has 12 heteroatoms. The van der Waals surface area contributed by atoms with Crippen molar-refractivity contribution in [3.8, 4) is 0 Å². The predicted octanol–water partition coefficient (Wildman–Crippen LogP) is 7.42. The Labute approximate surface area is 221 Å². The Morgan fingerprint density at radius 2 is 1.30 bits per heavy atom. The lowest BCUT2D eigenvalue weighted by atomic mass is 9.90. The van der Waals surface area contributed by atoms with Crippen LogP contribution in [0.15, 0.2) is 35.7 Å². The SMILES string of the molecule is O=C1c2c(Cl)c(Cl)c(Cl)c(Cl)c2C(=O)N1[C@H]1C(=O)N(c2ccc(Cl)c(Cl)c2)[C@H]1c1cccs1. The fraction of sp³-hybridized carbons (Fsp3) is 0.0952. The summed E-state index contributed by atoms with van der Waals surface area (Å²) >= 11 is 38.2. The van der Waals surface area contributed by atoms with Crippen molar-refractivity contribution >= 4 is 104 Å². The Bertz CT molecular complexity index is 1330. The molecule has 33 heavy (non-hydrogen) atoms. The van der Waals surface area contributed by atoms with Gasteiger partial charge in [-0.3, -0.25) is 24.2 Å². The van der Waals surface area contributed by atoms with Crippen LogP contribution in [0, 0.1) is 0 Å². The van der Waals surface area contributed by atoms with Crippen molar-refractivity contribution in [2.24, 2.45) is 0 Å². The number of nitrogens with zero attached hydrogens (tertiary/aromatic N) is 2. The van der Waals surface area contributed by atoms with Gasteiger partial charge in [-0.2, -0.15) is 0 Å².